The predicted molar refractivity (Wildman–Crippen MR) is 42.3 cm³/mol. The minimum absolute atomic E-state index is 0.401. The van der Waals surface area contributed by atoms with Gasteiger partial charge in [-0.25, -0.2) is 9.78 Å². The lowest BCUT2D eigenvalue weighted by molar-refractivity contribution is -0.134. The molecule has 0 atom stereocenters. The van der Waals surface area contributed by atoms with E-state index < -0.39 is 5.97 Å². The monoisotopic (exact) mass is 167 g/mol. The number of rotatable bonds is 2. The molecule has 0 aliphatic rings. The molecule has 4 nitrogen and oxygen atoms in total. The van der Waals surface area contributed by atoms with Gasteiger partial charge in [0.2, 0.25) is 5.89 Å². The summed E-state index contributed by atoms with van der Waals surface area (Å²) in [5.74, 6) is -0.0243. The third-order valence-electron chi connectivity index (χ3n) is 1.20. The highest BCUT2D eigenvalue weighted by molar-refractivity contribution is 5.86. The molecular formula is C8H9NO3. The minimum atomic E-state index is -0.425. The third kappa shape index (κ3) is 2.23. The summed E-state index contributed by atoms with van der Waals surface area (Å²) in [6.07, 6.45) is 4.22. The van der Waals surface area contributed by atoms with Crippen molar-refractivity contribution in [2.24, 2.45) is 0 Å². The molecule has 64 valence electrons. The molecule has 1 aromatic rings. The normalized spacial score (nSPS) is 10.5. The number of oxazole rings is 1. The maximum Gasteiger partial charge on any atom is 0.330 e. The molecule has 0 aliphatic carbocycles. The van der Waals surface area contributed by atoms with Crippen molar-refractivity contribution >= 4 is 12.0 Å². The number of esters is 1. The first-order valence-corrected chi connectivity index (χ1v) is 3.40. The van der Waals surface area contributed by atoms with Gasteiger partial charge in [0.05, 0.1) is 12.8 Å². The number of ether oxygens (including phenoxy) is 1. The Kier molecular flexibility index (Phi) is 2.63. The van der Waals surface area contributed by atoms with Crippen molar-refractivity contribution in [1.29, 1.82) is 0 Å². The molecule has 12 heavy (non-hydrogen) atoms. The van der Waals surface area contributed by atoms with Gasteiger partial charge in [-0.15, -0.1) is 0 Å². The van der Waals surface area contributed by atoms with Crippen LogP contribution in [0.1, 0.15) is 11.6 Å². The highest BCUT2D eigenvalue weighted by Gasteiger charge is 1.96. The second-order valence-electron chi connectivity index (χ2n) is 2.18. The Morgan fingerprint density at radius 1 is 1.75 bits per heavy atom. The van der Waals surface area contributed by atoms with E-state index in [-0.39, 0.29) is 0 Å². The van der Waals surface area contributed by atoms with Crippen molar-refractivity contribution < 1.29 is 13.9 Å². The lowest BCUT2D eigenvalue weighted by Crippen LogP contribution is -1.93. The molecule has 0 amide bonds. The standard InChI is InChI=1S/C8H9NO3/c1-6-5-12-7(9-6)3-4-8(10)11-2/h3-5H,1-2H3/b4-3+. The van der Waals surface area contributed by atoms with Crippen molar-refractivity contribution in [3.05, 3.63) is 23.9 Å². The van der Waals surface area contributed by atoms with E-state index >= 15 is 0 Å². The Bertz CT molecular complexity index is 301. The number of hydrogen-bond acceptors (Lipinski definition) is 4. The summed E-state index contributed by atoms with van der Waals surface area (Å²) in [4.78, 5) is 14.6. The molecule has 0 spiro atoms. The maximum absolute atomic E-state index is 10.6. The summed E-state index contributed by atoms with van der Waals surface area (Å²) in [5.41, 5.74) is 0.777. The minimum Gasteiger partial charge on any atom is -0.466 e. The van der Waals surface area contributed by atoms with E-state index in [9.17, 15) is 4.79 Å². The molecule has 0 bridgehead atoms. The molecule has 0 fully saturated rings. The van der Waals surface area contributed by atoms with E-state index in [1.165, 1.54) is 25.5 Å². The zero-order chi connectivity index (χ0) is 8.97. The summed E-state index contributed by atoms with van der Waals surface area (Å²) in [6.45, 7) is 1.80. The number of aryl methyl sites for hydroxylation is 1. The Balaban J connectivity index is 2.63. The van der Waals surface area contributed by atoms with E-state index in [1.54, 1.807) is 6.92 Å². The zero-order valence-electron chi connectivity index (χ0n) is 6.90. The van der Waals surface area contributed by atoms with Crippen LogP contribution in [0, 0.1) is 6.92 Å². The molecule has 0 N–H and O–H groups in total. The van der Waals surface area contributed by atoms with Crippen LogP contribution < -0.4 is 0 Å². The number of aromatic nitrogens is 1. The predicted octanol–water partition coefficient (Wildman–Crippen LogP) is 1.17. The SMILES string of the molecule is COC(=O)/C=C/c1nc(C)co1. The van der Waals surface area contributed by atoms with E-state index in [2.05, 4.69) is 9.72 Å². The lowest BCUT2D eigenvalue weighted by Gasteiger charge is -1.86. The van der Waals surface area contributed by atoms with Gasteiger partial charge in [0, 0.05) is 12.2 Å². The van der Waals surface area contributed by atoms with Crippen LogP contribution in [0.25, 0.3) is 6.08 Å². The molecule has 0 saturated carbocycles. The van der Waals surface area contributed by atoms with Gasteiger partial charge in [-0.3, -0.25) is 0 Å². The summed E-state index contributed by atoms with van der Waals surface area (Å²) in [6, 6.07) is 0. The van der Waals surface area contributed by atoms with Crippen LogP contribution in [0.15, 0.2) is 16.8 Å². The first-order valence-electron chi connectivity index (χ1n) is 3.40. The molecule has 1 aromatic heterocycles. The zero-order valence-corrected chi connectivity index (χ0v) is 6.90. The van der Waals surface area contributed by atoms with Gasteiger partial charge < -0.3 is 9.15 Å². The van der Waals surface area contributed by atoms with Gasteiger partial charge in [-0.05, 0) is 6.92 Å². The van der Waals surface area contributed by atoms with Crippen LogP contribution in [-0.4, -0.2) is 18.1 Å². The van der Waals surface area contributed by atoms with Crippen molar-refractivity contribution in [2.45, 2.75) is 6.92 Å². The van der Waals surface area contributed by atoms with Crippen LogP contribution in [0.4, 0.5) is 0 Å². The fourth-order valence-corrected chi connectivity index (χ4v) is 0.656. The number of methoxy groups -OCH3 is 1. The molecule has 0 aromatic carbocycles. The molecule has 0 unspecified atom stereocenters. The van der Waals surface area contributed by atoms with Crippen LogP contribution in [0.2, 0.25) is 0 Å². The van der Waals surface area contributed by atoms with Crippen molar-refractivity contribution in [3.63, 3.8) is 0 Å². The molecule has 1 heterocycles. The van der Waals surface area contributed by atoms with Gasteiger partial charge in [-0.2, -0.15) is 0 Å². The average molecular weight is 167 g/mol. The lowest BCUT2D eigenvalue weighted by atomic mass is 10.5. The van der Waals surface area contributed by atoms with E-state index in [0.29, 0.717) is 5.89 Å². The van der Waals surface area contributed by atoms with Gasteiger partial charge in [0.15, 0.2) is 0 Å². The fraction of sp³-hybridized carbons (Fsp3) is 0.250. The summed E-state index contributed by atoms with van der Waals surface area (Å²) >= 11 is 0. The van der Waals surface area contributed by atoms with Crippen LogP contribution in [0.5, 0.6) is 0 Å². The topological polar surface area (TPSA) is 52.3 Å². The fourth-order valence-electron chi connectivity index (χ4n) is 0.656. The number of carbonyl (C=O) groups is 1. The van der Waals surface area contributed by atoms with Gasteiger partial charge in [0.1, 0.15) is 6.26 Å². The van der Waals surface area contributed by atoms with Crippen LogP contribution >= 0.6 is 0 Å². The summed E-state index contributed by atoms with van der Waals surface area (Å²) < 4.78 is 9.34. The highest BCUT2D eigenvalue weighted by Crippen LogP contribution is 2.01. The van der Waals surface area contributed by atoms with Crippen LogP contribution in [0.3, 0.4) is 0 Å². The number of carbonyl (C=O) groups excluding carboxylic acids is 1. The molecule has 4 heteroatoms. The Labute approximate surface area is 69.9 Å². The number of nitrogens with zero attached hydrogens (tertiary/aromatic N) is 1. The first kappa shape index (κ1) is 8.52. The first-order chi connectivity index (χ1) is 5.72. The Hall–Kier alpha value is -1.58. The largest absolute Gasteiger partial charge is 0.466 e. The van der Waals surface area contributed by atoms with Crippen LogP contribution in [-0.2, 0) is 9.53 Å². The van der Waals surface area contributed by atoms with Crippen molar-refractivity contribution in [2.75, 3.05) is 7.11 Å². The number of hydrogen-bond donors (Lipinski definition) is 0. The van der Waals surface area contributed by atoms with Gasteiger partial charge in [0.25, 0.3) is 0 Å². The molecule has 0 radical (unpaired) electrons. The average Bonchev–Trinajstić information content (AvgIpc) is 2.47. The van der Waals surface area contributed by atoms with Crippen molar-refractivity contribution in [3.8, 4) is 0 Å². The second kappa shape index (κ2) is 3.71. The van der Waals surface area contributed by atoms with Gasteiger partial charge in [-0.1, -0.05) is 0 Å². The summed E-state index contributed by atoms with van der Waals surface area (Å²) in [7, 11) is 1.31. The van der Waals surface area contributed by atoms with E-state index in [0.717, 1.165) is 5.69 Å². The van der Waals surface area contributed by atoms with E-state index in [4.69, 9.17) is 4.42 Å². The van der Waals surface area contributed by atoms with Crippen molar-refractivity contribution in [1.82, 2.24) is 4.98 Å². The third-order valence-corrected chi connectivity index (χ3v) is 1.20. The molecule has 0 saturated heterocycles. The smallest absolute Gasteiger partial charge is 0.330 e. The summed E-state index contributed by atoms with van der Waals surface area (Å²) in [5, 5.41) is 0. The van der Waals surface area contributed by atoms with Gasteiger partial charge >= 0.3 is 5.97 Å². The quantitative estimate of drug-likeness (QED) is 0.490. The Morgan fingerprint density at radius 3 is 3.00 bits per heavy atom. The molecule has 1 rings (SSSR count). The van der Waals surface area contributed by atoms with E-state index in [1.807, 2.05) is 0 Å². The molecule has 0 aliphatic heterocycles. The second-order valence-corrected chi connectivity index (χ2v) is 2.18. The maximum atomic E-state index is 10.6. The Morgan fingerprint density at radius 2 is 2.50 bits per heavy atom. The highest BCUT2D eigenvalue weighted by atomic mass is 16.5. The molecular weight excluding hydrogens is 158 g/mol.